The first kappa shape index (κ1) is 24.5. The van der Waals surface area contributed by atoms with Crippen molar-refractivity contribution in [2.75, 3.05) is 11.9 Å². The van der Waals surface area contributed by atoms with Crippen molar-refractivity contribution in [1.29, 1.82) is 0 Å². The number of alkyl carbamates (subject to hydrolysis) is 1. The van der Waals surface area contributed by atoms with Crippen LogP contribution in [0, 0.1) is 6.92 Å². The zero-order chi connectivity index (χ0) is 25.1. The number of carbonyl (C=O) groups excluding carboxylic acids is 2. The standard InChI is InChI=1S/C25H25BrN4O5/c1-14-22(26)23(30(2)29-14)28-24(33)20(11-12-21(31)32)27-25(34)35-13-19-17-9-5-3-7-15(17)16-8-4-6-10-18(16)19/h3-10,19-20H,11-13H2,1-2H3,(H,27,34)(H,28,33)(H,31,32). The third kappa shape index (κ3) is 5.22. The molecule has 1 atom stereocenters. The third-order valence-electron chi connectivity index (χ3n) is 5.99. The normalized spacial score (nSPS) is 13.0. The van der Waals surface area contributed by atoms with E-state index in [1.165, 1.54) is 4.68 Å². The smallest absolute Gasteiger partial charge is 0.407 e. The van der Waals surface area contributed by atoms with Crippen LogP contribution in [0.4, 0.5) is 10.6 Å². The lowest BCUT2D eigenvalue weighted by Gasteiger charge is -2.19. The molecule has 4 rings (SSSR count). The van der Waals surface area contributed by atoms with Gasteiger partial charge in [0.1, 0.15) is 18.5 Å². The number of benzene rings is 2. The van der Waals surface area contributed by atoms with Crippen LogP contribution in [0.2, 0.25) is 0 Å². The monoisotopic (exact) mass is 540 g/mol. The van der Waals surface area contributed by atoms with Crippen molar-refractivity contribution in [2.45, 2.75) is 31.7 Å². The molecule has 35 heavy (non-hydrogen) atoms. The summed E-state index contributed by atoms with van der Waals surface area (Å²) in [7, 11) is 1.67. The minimum Gasteiger partial charge on any atom is -0.481 e. The van der Waals surface area contributed by atoms with Crippen molar-refractivity contribution in [3.8, 4) is 11.1 Å². The number of halogens is 1. The topological polar surface area (TPSA) is 123 Å². The molecule has 2 amide bonds. The lowest BCUT2D eigenvalue weighted by molar-refractivity contribution is -0.137. The van der Waals surface area contributed by atoms with Crippen LogP contribution in [0.25, 0.3) is 11.1 Å². The van der Waals surface area contributed by atoms with Crippen LogP contribution < -0.4 is 10.6 Å². The van der Waals surface area contributed by atoms with E-state index in [1.54, 1.807) is 14.0 Å². The fourth-order valence-corrected chi connectivity index (χ4v) is 4.73. The van der Waals surface area contributed by atoms with E-state index in [2.05, 4.69) is 31.7 Å². The number of rotatable bonds is 8. The van der Waals surface area contributed by atoms with E-state index in [4.69, 9.17) is 9.84 Å². The van der Waals surface area contributed by atoms with Crippen molar-refractivity contribution in [1.82, 2.24) is 15.1 Å². The summed E-state index contributed by atoms with van der Waals surface area (Å²) in [4.78, 5) is 36.7. The van der Waals surface area contributed by atoms with E-state index in [0.717, 1.165) is 22.3 Å². The number of anilines is 1. The number of carboxylic acid groups (broad SMARTS) is 1. The van der Waals surface area contributed by atoms with Crippen molar-refractivity contribution < 1.29 is 24.2 Å². The predicted molar refractivity (Wildman–Crippen MR) is 133 cm³/mol. The van der Waals surface area contributed by atoms with E-state index < -0.39 is 24.0 Å². The summed E-state index contributed by atoms with van der Waals surface area (Å²) in [6.45, 7) is 1.86. The molecule has 2 aromatic carbocycles. The second-order valence-electron chi connectivity index (χ2n) is 8.32. The summed E-state index contributed by atoms with van der Waals surface area (Å²) in [5.74, 6) is -1.37. The van der Waals surface area contributed by atoms with Crippen molar-refractivity contribution >= 4 is 39.7 Å². The molecule has 182 valence electrons. The van der Waals surface area contributed by atoms with E-state index in [0.29, 0.717) is 16.0 Å². The number of nitrogens with one attached hydrogen (secondary N) is 2. The lowest BCUT2D eigenvalue weighted by atomic mass is 9.98. The second-order valence-corrected chi connectivity index (χ2v) is 9.11. The zero-order valence-electron chi connectivity index (χ0n) is 19.2. The number of nitrogens with zero attached hydrogens (tertiary/aromatic N) is 2. The number of carboxylic acids is 1. The van der Waals surface area contributed by atoms with Crippen LogP contribution in [0.15, 0.2) is 53.0 Å². The van der Waals surface area contributed by atoms with Crippen molar-refractivity contribution in [2.24, 2.45) is 7.05 Å². The van der Waals surface area contributed by atoms with Gasteiger partial charge in [-0.05, 0) is 51.5 Å². The first-order valence-corrected chi connectivity index (χ1v) is 11.9. The quantitative estimate of drug-likeness (QED) is 0.393. The van der Waals surface area contributed by atoms with Gasteiger partial charge in [-0.2, -0.15) is 5.10 Å². The van der Waals surface area contributed by atoms with Crippen LogP contribution in [-0.2, 0) is 21.4 Å². The van der Waals surface area contributed by atoms with Gasteiger partial charge in [0.15, 0.2) is 0 Å². The van der Waals surface area contributed by atoms with Gasteiger partial charge in [-0.25, -0.2) is 4.79 Å². The summed E-state index contributed by atoms with van der Waals surface area (Å²) < 4.78 is 7.61. The summed E-state index contributed by atoms with van der Waals surface area (Å²) in [5.41, 5.74) is 5.02. The second kappa shape index (κ2) is 10.3. The van der Waals surface area contributed by atoms with E-state index >= 15 is 0 Å². The Morgan fingerprint density at radius 2 is 1.71 bits per heavy atom. The highest BCUT2D eigenvalue weighted by Gasteiger charge is 2.30. The molecular weight excluding hydrogens is 516 g/mol. The number of carbonyl (C=O) groups is 3. The molecule has 0 bridgehead atoms. The molecule has 1 aliphatic carbocycles. The van der Waals surface area contributed by atoms with Gasteiger partial charge < -0.3 is 20.5 Å². The number of ether oxygens (including phenoxy) is 1. The number of hydrogen-bond acceptors (Lipinski definition) is 5. The average molecular weight is 541 g/mol. The molecule has 0 spiro atoms. The van der Waals surface area contributed by atoms with Crippen LogP contribution in [0.3, 0.4) is 0 Å². The van der Waals surface area contributed by atoms with Gasteiger partial charge in [0.2, 0.25) is 5.91 Å². The maximum Gasteiger partial charge on any atom is 0.407 e. The van der Waals surface area contributed by atoms with E-state index in [-0.39, 0.29) is 25.4 Å². The fourth-order valence-electron chi connectivity index (χ4n) is 4.29. The Labute approximate surface area is 210 Å². The van der Waals surface area contributed by atoms with Gasteiger partial charge >= 0.3 is 12.1 Å². The summed E-state index contributed by atoms with van der Waals surface area (Å²) in [6, 6.07) is 14.8. The summed E-state index contributed by atoms with van der Waals surface area (Å²) in [6.07, 6.45) is -1.19. The van der Waals surface area contributed by atoms with Crippen molar-refractivity contribution in [3.05, 3.63) is 69.8 Å². The highest BCUT2D eigenvalue weighted by molar-refractivity contribution is 9.10. The molecule has 1 aliphatic rings. The maximum absolute atomic E-state index is 12.9. The number of aryl methyl sites for hydroxylation is 2. The molecule has 3 N–H and O–H groups in total. The molecule has 0 aliphatic heterocycles. The Hall–Kier alpha value is -3.66. The Morgan fingerprint density at radius 1 is 1.11 bits per heavy atom. The van der Waals surface area contributed by atoms with Gasteiger partial charge in [0, 0.05) is 19.4 Å². The maximum atomic E-state index is 12.9. The van der Waals surface area contributed by atoms with Crippen LogP contribution in [0.5, 0.6) is 0 Å². The number of hydrogen-bond donors (Lipinski definition) is 3. The fraction of sp³-hybridized carbons (Fsp3) is 0.280. The zero-order valence-corrected chi connectivity index (χ0v) is 20.8. The molecule has 3 aromatic rings. The Balaban J connectivity index is 1.45. The Bertz CT molecular complexity index is 1240. The largest absolute Gasteiger partial charge is 0.481 e. The number of amides is 2. The van der Waals surface area contributed by atoms with Crippen LogP contribution >= 0.6 is 15.9 Å². The highest BCUT2D eigenvalue weighted by Crippen LogP contribution is 2.44. The molecule has 1 aromatic heterocycles. The van der Waals surface area contributed by atoms with Gasteiger partial charge in [-0.1, -0.05) is 48.5 Å². The number of aromatic nitrogens is 2. The van der Waals surface area contributed by atoms with Crippen LogP contribution in [0.1, 0.15) is 35.6 Å². The van der Waals surface area contributed by atoms with E-state index in [9.17, 15) is 14.4 Å². The molecule has 1 heterocycles. The molecular formula is C25H25BrN4O5. The van der Waals surface area contributed by atoms with Gasteiger partial charge in [-0.15, -0.1) is 0 Å². The molecule has 0 saturated heterocycles. The van der Waals surface area contributed by atoms with Crippen LogP contribution in [-0.4, -0.2) is 45.5 Å². The molecule has 0 radical (unpaired) electrons. The predicted octanol–water partition coefficient (Wildman–Crippen LogP) is 4.20. The van der Waals surface area contributed by atoms with Gasteiger partial charge in [0.05, 0.1) is 10.2 Å². The SMILES string of the molecule is Cc1nn(C)c(NC(=O)C(CCC(=O)O)NC(=O)OCC2c3ccccc3-c3ccccc32)c1Br. The molecule has 0 fully saturated rings. The summed E-state index contributed by atoms with van der Waals surface area (Å²) >= 11 is 3.38. The first-order valence-electron chi connectivity index (χ1n) is 11.1. The van der Waals surface area contributed by atoms with Gasteiger partial charge in [0.25, 0.3) is 0 Å². The summed E-state index contributed by atoms with van der Waals surface area (Å²) in [5, 5.41) is 18.5. The number of fused-ring (bicyclic) bond motifs is 3. The third-order valence-corrected chi connectivity index (χ3v) is 6.94. The molecule has 1 unspecified atom stereocenters. The van der Waals surface area contributed by atoms with Crippen molar-refractivity contribution in [3.63, 3.8) is 0 Å². The lowest BCUT2D eigenvalue weighted by Crippen LogP contribution is -2.44. The minimum atomic E-state index is -1.11. The molecule has 0 saturated carbocycles. The molecule has 9 nitrogen and oxygen atoms in total. The Morgan fingerprint density at radius 3 is 2.26 bits per heavy atom. The average Bonchev–Trinajstić information content (AvgIpc) is 3.28. The Kier molecular flexibility index (Phi) is 7.20. The highest BCUT2D eigenvalue weighted by atomic mass is 79.9. The minimum absolute atomic E-state index is 0.0829. The number of aliphatic carboxylic acids is 1. The first-order chi connectivity index (χ1) is 16.8. The van der Waals surface area contributed by atoms with E-state index in [1.807, 2.05) is 48.5 Å². The van der Waals surface area contributed by atoms with Gasteiger partial charge in [-0.3, -0.25) is 14.3 Å². The molecule has 10 heteroatoms.